The van der Waals surface area contributed by atoms with E-state index < -0.39 is 5.41 Å². The second kappa shape index (κ2) is 10.4. The molecule has 48 heavy (non-hydrogen) atoms. The summed E-state index contributed by atoms with van der Waals surface area (Å²) in [5.41, 5.74) is 14.5. The van der Waals surface area contributed by atoms with Gasteiger partial charge in [0.25, 0.3) is 0 Å². The molecule has 0 atom stereocenters. The van der Waals surface area contributed by atoms with Crippen LogP contribution in [0.25, 0.3) is 55.3 Å². The Labute approximate surface area is 280 Å². The molecular weight excluding hydrogens is 581 g/mol. The highest BCUT2D eigenvalue weighted by atomic mass is 16.5. The zero-order valence-corrected chi connectivity index (χ0v) is 26.2. The van der Waals surface area contributed by atoms with Gasteiger partial charge in [-0.2, -0.15) is 0 Å². The summed E-state index contributed by atoms with van der Waals surface area (Å²) < 4.78 is 6.70. The Balaban J connectivity index is 1.22. The van der Waals surface area contributed by atoms with E-state index in [4.69, 9.17) is 4.74 Å². The van der Waals surface area contributed by atoms with E-state index in [9.17, 15) is 0 Å². The average Bonchev–Trinajstić information content (AvgIpc) is 3.47. The maximum Gasteiger partial charge on any atom is 0.135 e. The van der Waals surface area contributed by atoms with Gasteiger partial charge in [0.15, 0.2) is 0 Å². The molecule has 0 aromatic heterocycles. The molecule has 2 aliphatic rings. The second-order valence-corrected chi connectivity index (χ2v) is 12.8. The van der Waals surface area contributed by atoms with Crippen LogP contribution in [0.1, 0.15) is 22.3 Å². The van der Waals surface area contributed by atoms with Crippen LogP contribution in [0.15, 0.2) is 182 Å². The van der Waals surface area contributed by atoms with Crippen LogP contribution < -0.4 is 4.74 Å². The minimum Gasteiger partial charge on any atom is -0.456 e. The fraction of sp³-hybridized carbons (Fsp3) is 0.0213. The van der Waals surface area contributed by atoms with E-state index >= 15 is 0 Å². The largest absolute Gasteiger partial charge is 0.456 e. The maximum absolute atomic E-state index is 6.70. The van der Waals surface area contributed by atoms with Gasteiger partial charge in [-0.1, -0.05) is 164 Å². The van der Waals surface area contributed by atoms with Crippen molar-refractivity contribution < 1.29 is 4.74 Å². The van der Waals surface area contributed by atoms with Crippen LogP contribution in [0.5, 0.6) is 11.5 Å². The van der Waals surface area contributed by atoms with Crippen molar-refractivity contribution in [3.05, 3.63) is 204 Å². The molecular formula is C47H30O. The number of hydrogen-bond donors (Lipinski definition) is 0. The first kappa shape index (κ1) is 27.0. The van der Waals surface area contributed by atoms with Gasteiger partial charge in [-0.05, 0) is 84.8 Å². The first-order chi connectivity index (χ1) is 23.8. The van der Waals surface area contributed by atoms with Crippen molar-refractivity contribution in [1.82, 2.24) is 0 Å². The maximum atomic E-state index is 6.70. The van der Waals surface area contributed by atoms with Crippen LogP contribution in [0.4, 0.5) is 0 Å². The smallest absolute Gasteiger partial charge is 0.135 e. The standard InChI is InChI=1S/C47H30O/c1-4-14-31(15-5-1)32-26-27-36-39-22-12-21-38-35(28-29-43(46(38)39)48-44(36)30-32)37-23-13-25-42-45(37)40-20-10-11-24-41(40)47(42,33-16-6-2-7-17-33)34-18-8-3-9-19-34/h1-30H. The summed E-state index contributed by atoms with van der Waals surface area (Å²) in [6.45, 7) is 0. The van der Waals surface area contributed by atoms with Crippen molar-refractivity contribution in [2.24, 2.45) is 0 Å². The third-order valence-electron chi connectivity index (χ3n) is 10.4. The molecule has 0 radical (unpaired) electrons. The third kappa shape index (κ3) is 3.73. The number of benzene rings is 8. The van der Waals surface area contributed by atoms with Gasteiger partial charge in [0.1, 0.15) is 11.5 Å². The zero-order chi connectivity index (χ0) is 31.7. The summed E-state index contributed by atoms with van der Waals surface area (Å²) >= 11 is 0. The van der Waals surface area contributed by atoms with Crippen LogP contribution in [0.3, 0.4) is 0 Å². The average molecular weight is 611 g/mol. The lowest BCUT2D eigenvalue weighted by Gasteiger charge is -2.34. The van der Waals surface area contributed by atoms with Gasteiger partial charge < -0.3 is 4.74 Å². The van der Waals surface area contributed by atoms with Crippen molar-refractivity contribution in [3.63, 3.8) is 0 Å². The van der Waals surface area contributed by atoms with Crippen molar-refractivity contribution in [1.29, 1.82) is 0 Å². The first-order valence-electron chi connectivity index (χ1n) is 16.6. The summed E-state index contributed by atoms with van der Waals surface area (Å²) in [7, 11) is 0. The molecule has 1 nitrogen and oxygen atoms in total. The van der Waals surface area contributed by atoms with Gasteiger partial charge >= 0.3 is 0 Å². The quantitative estimate of drug-likeness (QED) is 0.193. The molecule has 0 N–H and O–H groups in total. The van der Waals surface area contributed by atoms with Crippen LogP contribution >= 0.6 is 0 Å². The zero-order valence-electron chi connectivity index (χ0n) is 26.2. The van der Waals surface area contributed by atoms with Crippen molar-refractivity contribution in [2.45, 2.75) is 5.41 Å². The normalized spacial score (nSPS) is 13.3. The highest BCUT2D eigenvalue weighted by molar-refractivity contribution is 6.12. The monoisotopic (exact) mass is 610 g/mol. The van der Waals surface area contributed by atoms with Crippen molar-refractivity contribution in [3.8, 4) is 56.0 Å². The lowest BCUT2D eigenvalue weighted by atomic mass is 9.67. The first-order valence-corrected chi connectivity index (χ1v) is 16.6. The van der Waals surface area contributed by atoms with Crippen LogP contribution in [-0.4, -0.2) is 0 Å². The summed E-state index contributed by atoms with van der Waals surface area (Å²) in [5, 5.41) is 2.36. The molecule has 0 unspecified atom stereocenters. The van der Waals surface area contributed by atoms with Gasteiger partial charge in [-0.3, -0.25) is 0 Å². The van der Waals surface area contributed by atoms with E-state index in [1.54, 1.807) is 0 Å². The van der Waals surface area contributed by atoms with Gasteiger partial charge in [-0.15, -0.1) is 0 Å². The van der Waals surface area contributed by atoms with E-state index in [1.165, 1.54) is 61.0 Å². The van der Waals surface area contributed by atoms with E-state index in [1.807, 2.05) is 0 Å². The van der Waals surface area contributed by atoms with Gasteiger partial charge in [0, 0.05) is 10.9 Å². The molecule has 1 heterocycles. The Morgan fingerprint density at radius 3 is 1.73 bits per heavy atom. The Morgan fingerprint density at radius 2 is 0.958 bits per heavy atom. The summed E-state index contributed by atoms with van der Waals surface area (Å²) in [6, 6.07) is 66.1. The van der Waals surface area contributed by atoms with E-state index in [2.05, 4.69) is 182 Å². The highest BCUT2D eigenvalue weighted by Crippen LogP contribution is 2.59. The molecule has 0 bridgehead atoms. The van der Waals surface area contributed by atoms with Crippen molar-refractivity contribution in [2.75, 3.05) is 0 Å². The Hall–Kier alpha value is -6.18. The predicted octanol–water partition coefficient (Wildman–Crippen LogP) is 12.3. The van der Waals surface area contributed by atoms with Crippen LogP contribution in [0, 0.1) is 0 Å². The Bertz CT molecular complexity index is 2470. The highest BCUT2D eigenvalue weighted by Gasteiger charge is 2.46. The van der Waals surface area contributed by atoms with E-state index in [0.29, 0.717) is 0 Å². The molecule has 1 aliphatic heterocycles. The fourth-order valence-electron chi connectivity index (χ4n) is 8.39. The van der Waals surface area contributed by atoms with Crippen LogP contribution in [0.2, 0.25) is 0 Å². The molecule has 0 amide bonds. The number of rotatable bonds is 4. The molecule has 0 spiro atoms. The Kier molecular flexibility index (Phi) is 5.86. The lowest BCUT2D eigenvalue weighted by Crippen LogP contribution is -2.28. The third-order valence-corrected chi connectivity index (χ3v) is 10.4. The summed E-state index contributed by atoms with van der Waals surface area (Å²) in [6.07, 6.45) is 0. The molecule has 8 aromatic rings. The van der Waals surface area contributed by atoms with Gasteiger partial charge in [-0.25, -0.2) is 0 Å². The fourth-order valence-corrected chi connectivity index (χ4v) is 8.39. The summed E-state index contributed by atoms with van der Waals surface area (Å²) in [4.78, 5) is 0. The molecule has 1 heteroatoms. The van der Waals surface area contributed by atoms with E-state index in [0.717, 1.165) is 28.0 Å². The SMILES string of the molecule is c1ccc(-c2ccc3c(c2)Oc2ccc(-c4cccc5c4-c4ccccc4C5(c4ccccc4)c4ccccc4)c4cccc-3c24)cc1. The van der Waals surface area contributed by atoms with Gasteiger partial charge in [0.2, 0.25) is 0 Å². The molecule has 224 valence electrons. The molecule has 0 fully saturated rings. The summed E-state index contributed by atoms with van der Waals surface area (Å²) in [5.74, 6) is 1.80. The topological polar surface area (TPSA) is 9.23 Å². The second-order valence-electron chi connectivity index (χ2n) is 12.8. The van der Waals surface area contributed by atoms with Gasteiger partial charge in [0.05, 0.1) is 5.41 Å². The number of fused-ring (bicyclic) bond motifs is 5. The minimum atomic E-state index is -0.435. The Morgan fingerprint density at radius 1 is 0.354 bits per heavy atom. The van der Waals surface area contributed by atoms with Crippen LogP contribution in [-0.2, 0) is 5.41 Å². The predicted molar refractivity (Wildman–Crippen MR) is 198 cm³/mol. The number of ether oxygens (including phenoxy) is 1. The molecule has 1 aliphatic carbocycles. The lowest BCUT2D eigenvalue weighted by molar-refractivity contribution is 0.487. The molecule has 0 saturated carbocycles. The van der Waals surface area contributed by atoms with E-state index in [-0.39, 0.29) is 0 Å². The molecule has 8 aromatic carbocycles. The minimum absolute atomic E-state index is 0.435. The number of hydrogen-bond acceptors (Lipinski definition) is 1. The molecule has 10 rings (SSSR count). The molecule has 0 saturated heterocycles. The van der Waals surface area contributed by atoms with Crippen molar-refractivity contribution >= 4 is 10.8 Å².